The summed E-state index contributed by atoms with van der Waals surface area (Å²) in [7, 11) is 1.70. The average molecular weight is 346 g/mol. The number of carbonyl (C=O) groups is 1. The number of ether oxygens (including phenoxy) is 1. The van der Waals surface area contributed by atoms with E-state index in [0.717, 1.165) is 59.4 Å². The van der Waals surface area contributed by atoms with Gasteiger partial charge in [-0.1, -0.05) is 43.6 Å². The van der Waals surface area contributed by atoms with Crippen molar-refractivity contribution in [3.8, 4) is 5.75 Å². The molecule has 0 aliphatic heterocycles. The van der Waals surface area contributed by atoms with Gasteiger partial charge in [-0.15, -0.1) is 0 Å². The SMILES string of the molecule is CCCn1c(=NC(=O)C2CCCCC2)sc2c(C)ccc(OC)c21. The molecule has 1 aliphatic rings. The van der Waals surface area contributed by atoms with Gasteiger partial charge in [0, 0.05) is 12.5 Å². The Labute approximate surface area is 147 Å². The largest absolute Gasteiger partial charge is 0.495 e. The number of methoxy groups -OCH3 is 1. The Morgan fingerprint density at radius 1 is 1.33 bits per heavy atom. The molecule has 1 saturated carbocycles. The number of amides is 1. The van der Waals surface area contributed by atoms with Crippen LogP contribution in [-0.2, 0) is 11.3 Å². The van der Waals surface area contributed by atoms with Crippen LogP contribution in [-0.4, -0.2) is 17.6 Å². The molecule has 1 aromatic heterocycles. The van der Waals surface area contributed by atoms with E-state index in [1.54, 1.807) is 18.4 Å². The Kier molecular flexibility index (Phi) is 5.39. The van der Waals surface area contributed by atoms with Gasteiger partial charge in [0.2, 0.25) is 0 Å². The minimum atomic E-state index is 0.0581. The average Bonchev–Trinajstić information content (AvgIpc) is 2.96. The molecule has 1 aromatic carbocycles. The molecule has 0 saturated heterocycles. The van der Waals surface area contributed by atoms with Gasteiger partial charge in [0.05, 0.1) is 11.8 Å². The van der Waals surface area contributed by atoms with E-state index in [2.05, 4.69) is 29.5 Å². The minimum absolute atomic E-state index is 0.0581. The fraction of sp³-hybridized carbons (Fsp3) is 0.579. The Bertz CT molecular complexity index is 798. The Balaban J connectivity index is 2.12. The summed E-state index contributed by atoms with van der Waals surface area (Å²) >= 11 is 1.61. The standard InChI is InChI=1S/C19H26N2O2S/c1-4-12-21-16-15(23-3)11-10-13(2)17(16)24-19(21)20-18(22)14-8-6-5-7-9-14/h10-11,14H,4-9,12H2,1-3H3. The highest BCUT2D eigenvalue weighted by atomic mass is 32.1. The van der Waals surface area contributed by atoms with E-state index in [1.165, 1.54) is 12.0 Å². The van der Waals surface area contributed by atoms with Crippen LogP contribution in [0.4, 0.5) is 0 Å². The molecule has 1 amide bonds. The summed E-state index contributed by atoms with van der Waals surface area (Å²) in [5, 5.41) is 0. The molecule has 0 atom stereocenters. The minimum Gasteiger partial charge on any atom is -0.495 e. The number of thiazole rings is 1. The van der Waals surface area contributed by atoms with Crippen molar-refractivity contribution in [2.24, 2.45) is 10.9 Å². The summed E-state index contributed by atoms with van der Waals surface area (Å²) in [5.74, 6) is 1.02. The van der Waals surface area contributed by atoms with Crippen LogP contribution in [0.15, 0.2) is 17.1 Å². The van der Waals surface area contributed by atoms with Crippen LogP contribution in [0, 0.1) is 12.8 Å². The van der Waals surface area contributed by atoms with Crippen molar-refractivity contribution in [2.45, 2.75) is 58.9 Å². The van der Waals surface area contributed by atoms with E-state index >= 15 is 0 Å². The lowest BCUT2D eigenvalue weighted by Crippen LogP contribution is -2.22. The molecule has 5 heteroatoms. The van der Waals surface area contributed by atoms with E-state index in [9.17, 15) is 4.79 Å². The first-order valence-corrected chi connectivity index (χ1v) is 9.72. The number of rotatable bonds is 4. The Morgan fingerprint density at radius 3 is 2.75 bits per heavy atom. The van der Waals surface area contributed by atoms with E-state index in [-0.39, 0.29) is 11.8 Å². The van der Waals surface area contributed by atoms with Crippen LogP contribution in [0.25, 0.3) is 10.2 Å². The second-order valence-corrected chi connectivity index (χ2v) is 7.56. The molecule has 2 aromatic rings. The number of aromatic nitrogens is 1. The molecule has 1 heterocycles. The number of hydrogen-bond donors (Lipinski definition) is 0. The van der Waals surface area contributed by atoms with Gasteiger partial charge in [0.15, 0.2) is 4.80 Å². The highest BCUT2D eigenvalue weighted by Gasteiger charge is 2.21. The summed E-state index contributed by atoms with van der Waals surface area (Å²) in [5.41, 5.74) is 2.27. The third-order valence-electron chi connectivity index (χ3n) is 4.81. The molecule has 3 rings (SSSR count). The van der Waals surface area contributed by atoms with Crippen molar-refractivity contribution in [3.05, 3.63) is 22.5 Å². The zero-order valence-corrected chi connectivity index (χ0v) is 15.6. The maximum atomic E-state index is 12.6. The zero-order chi connectivity index (χ0) is 17.1. The van der Waals surface area contributed by atoms with Crippen molar-refractivity contribution in [3.63, 3.8) is 0 Å². The second kappa shape index (κ2) is 7.51. The number of carbonyl (C=O) groups excluding carboxylic acids is 1. The smallest absolute Gasteiger partial charge is 0.251 e. The topological polar surface area (TPSA) is 43.6 Å². The third-order valence-corrected chi connectivity index (χ3v) is 6.03. The third kappa shape index (κ3) is 3.27. The van der Waals surface area contributed by atoms with Crippen LogP contribution in [0.5, 0.6) is 5.75 Å². The maximum Gasteiger partial charge on any atom is 0.251 e. The maximum absolute atomic E-state index is 12.6. The summed E-state index contributed by atoms with van der Waals surface area (Å²) in [6, 6.07) is 4.07. The van der Waals surface area contributed by atoms with Crippen molar-refractivity contribution < 1.29 is 9.53 Å². The van der Waals surface area contributed by atoms with E-state index in [4.69, 9.17) is 4.74 Å². The quantitative estimate of drug-likeness (QED) is 0.821. The van der Waals surface area contributed by atoms with Gasteiger partial charge in [-0.2, -0.15) is 4.99 Å². The predicted molar refractivity (Wildman–Crippen MR) is 98.5 cm³/mol. The van der Waals surface area contributed by atoms with E-state index < -0.39 is 0 Å². The lowest BCUT2D eigenvalue weighted by Gasteiger charge is -2.17. The van der Waals surface area contributed by atoms with E-state index in [0.29, 0.717) is 0 Å². The molecule has 24 heavy (non-hydrogen) atoms. The van der Waals surface area contributed by atoms with Crippen LogP contribution >= 0.6 is 11.3 Å². The van der Waals surface area contributed by atoms with E-state index in [1.807, 2.05) is 6.07 Å². The van der Waals surface area contributed by atoms with Gasteiger partial charge in [-0.3, -0.25) is 4.79 Å². The number of benzene rings is 1. The van der Waals surface area contributed by atoms with Gasteiger partial charge in [0.25, 0.3) is 5.91 Å². The zero-order valence-electron chi connectivity index (χ0n) is 14.8. The molecule has 0 N–H and O–H groups in total. The highest BCUT2D eigenvalue weighted by Crippen LogP contribution is 2.31. The number of hydrogen-bond acceptors (Lipinski definition) is 3. The molecule has 0 bridgehead atoms. The molecular weight excluding hydrogens is 320 g/mol. The van der Waals surface area contributed by atoms with Crippen LogP contribution < -0.4 is 9.54 Å². The fourth-order valence-electron chi connectivity index (χ4n) is 3.49. The number of fused-ring (bicyclic) bond motifs is 1. The van der Waals surface area contributed by atoms with Crippen LogP contribution in [0.1, 0.15) is 51.0 Å². The molecule has 0 unspecified atom stereocenters. The molecule has 130 valence electrons. The number of aryl methyl sites for hydroxylation is 2. The van der Waals surface area contributed by atoms with Crippen molar-refractivity contribution in [1.29, 1.82) is 0 Å². The Morgan fingerprint density at radius 2 is 2.08 bits per heavy atom. The fourth-order valence-corrected chi connectivity index (χ4v) is 4.64. The highest BCUT2D eigenvalue weighted by molar-refractivity contribution is 7.16. The molecule has 1 fully saturated rings. The van der Waals surface area contributed by atoms with Gasteiger partial charge in [0.1, 0.15) is 11.3 Å². The molecule has 1 aliphatic carbocycles. The molecular formula is C19H26N2O2S. The summed E-state index contributed by atoms with van der Waals surface area (Å²) in [6.07, 6.45) is 6.53. The number of nitrogens with zero attached hydrogens (tertiary/aromatic N) is 2. The molecule has 0 radical (unpaired) electrons. The molecule has 4 nitrogen and oxygen atoms in total. The summed E-state index contributed by atoms with van der Waals surface area (Å²) < 4.78 is 8.89. The predicted octanol–water partition coefficient (Wildman–Crippen LogP) is 4.44. The summed E-state index contributed by atoms with van der Waals surface area (Å²) in [6.45, 7) is 5.09. The molecule has 0 spiro atoms. The van der Waals surface area contributed by atoms with Crippen molar-refractivity contribution >= 4 is 27.5 Å². The lowest BCUT2D eigenvalue weighted by atomic mass is 9.89. The summed E-state index contributed by atoms with van der Waals surface area (Å²) in [4.78, 5) is 18.0. The van der Waals surface area contributed by atoms with Crippen molar-refractivity contribution in [2.75, 3.05) is 7.11 Å². The van der Waals surface area contributed by atoms with Gasteiger partial charge < -0.3 is 9.30 Å². The Hall–Kier alpha value is -1.62. The lowest BCUT2D eigenvalue weighted by molar-refractivity contribution is -0.122. The van der Waals surface area contributed by atoms with Gasteiger partial charge >= 0.3 is 0 Å². The first-order valence-electron chi connectivity index (χ1n) is 8.91. The monoisotopic (exact) mass is 346 g/mol. The van der Waals surface area contributed by atoms with Crippen LogP contribution in [0.3, 0.4) is 0 Å². The normalized spacial score (nSPS) is 16.7. The van der Waals surface area contributed by atoms with Crippen LogP contribution in [0.2, 0.25) is 0 Å². The first-order chi connectivity index (χ1) is 11.7. The first kappa shape index (κ1) is 17.2. The van der Waals surface area contributed by atoms with Gasteiger partial charge in [-0.05, 0) is 37.8 Å². The van der Waals surface area contributed by atoms with Crippen molar-refractivity contribution in [1.82, 2.24) is 4.57 Å². The second-order valence-electron chi connectivity index (χ2n) is 6.58. The van der Waals surface area contributed by atoms with Gasteiger partial charge in [-0.25, -0.2) is 0 Å².